The highest BCUT2D eigenvalue weighted by atomic mass is 127. The summed E-state index contributed by atoms with van der Waals surface area (Å²) in [6, 6.07) is 9.61. The van der Waals surface area contributed by atoms with Gasteiger partial charge < -0.3 is 10.2 Å². The standard InChI is InChI=1S/C16H25N3OS2.HI/c1-16(2)13-19(10-11-21-16)15(17-3)18-9-12-22(20)14-7-5-4-6-8-14;/h4-8H,9-13H2,1-3H3,(H,17,18);1H. The van der Waals surface area contributed by atoms with E-state index in [1.54, 1.807) is 0 Å². The number of aliphatic imine (C=N–C) groups is 1. The molecule has 0 radical (unpaired) electrons. The van der Waals surface area contributed by atoms with Gasteiger partial charge in [-0.1, -0.05) is 18.2 Å². The van der Waals surface area contributed by atoms with Gasteiger partial charge in [0.05, 0.1) is 10.8 Å². The van der Waals surface area contributed by atoms with Crippen LogP contribution >= 0.6 is 35.7 Å². The second-order valence-corrected chi connectivity index (χ2v) is 9.24. The Labute approximate surface area is 163 Å². The molecule has 7 heteroatoms. The van der Waals surface area contributed by atoms with Crippen LogP contribution in [0.25, 0.3) is 0 Å². The summed E-state index contributed by atoms with van der Waals surface area (Å²) in [4.78, 5) is 7.55. The minimum absolute atomic E-state index is 0. The van der Waals surface area contributed by atoms with Crippen molar-refractivity contribution in [1.29, 1.82) is 0 Å². The van der Waals surface area contributed by atoms with Crippen molar-refractivity contribution in [3.8, 4) is 0 Å². The van der Waals surface area contributed by atoms with Gasteiger partial charge in [0.2, 0.25) is 0 Å². The Morgan fingerprint density at radius 2 is 2.09 bits per heavy atom. The third-order valence-electron chi connectivity index (χ3n) is 3.51. The highest BCUT2D eigenvalue weighted by molar-refractivity contribution is 14.0. The van der Waals surface area contributed by atoms with E-state index in [4.69, 9.17) is 0 Å². The van der Waals surface area contributed by atoms with Crippen LogP contribution in [0.15, 0.2) is 40.2 Å². The Hall–Kier alpha value is -0.280. The smallest absolute Gasteiger partial charge is 0.193 e. The van der Waals surface area contributed by atoms with Crippen LogP contribution in [-0.4, -0.2) is 58.0 Å². The fourth-order valence-electron chi connectivity index (χ4n) is 2.48. The van der Waals surface area contributed by atoms with Gasteiger partial charge in [-0.3, -0.25) is 9.20 Å². The molecule has 0 saturated carbocycles. The number of nitrogens with one attached hydrogen (secondary N) is 1. The summed E-state index contributed by atoms with van der Waals surface area (Å²) in [5.74, 6) is 2.62. The molecular formula is C16H26IN3OS2. The van der Waals surface area contributed by atoms with E-state index in [1.807, 2.05) is 49.1 Å². The summed E-state index contributed by atoms with van der Waals surface area (Å²) >= 11 is 2.00. The Morgan fingerprint density at radius 1 is 1.39 bits per heavy atom. The quantitative estimate of drug-likeness (QED) is 0.420. The Balaban J connectivity index is 0.00000264. The number of hydrogen-bond donors (Lipinski definition) is 1. The maximum Gasteiger partial charge on any atom is 0.193 e. The number of rotatable bonds is 4. The fraction of sp³-hybridized carbons (Fsp3) is 0.562. The van der Waals surface area contributed by atoms with E-state index in [0.717, 1.165) is 29.7 Å². The molecule has 1 saturated heterocycles. The van der Waals surface area contributed by atoms with Gasteiger partial charge in [0, 0.05) is 47.8 Å². The van der Waals surface area contributed by atoms with Crippen molar-refractivity contribution in [2.45, 2.75) is 23.5 Å². The number of halogens is 1. The van der Waals surface area contributed by atoms with Crippen LogP contribution in [0.3, 0.4) is 0 Å². The lowest BCUT2D eigenvalue weighted by Gasteiger charge is -2.39. The summed E-state index contributed by atoms with van der Waals surface area (Å²) in [6.07, 6.45) is 0. The zero-order valence-corrected chi connectivity index (χ0v) is 17.9. The van der Waals surface area contributed by atoms with Gasteiger partial charge in [-0.25, -0.2) is 0 Å². The first-order valence-corrected chi connectivity index (χ1v) is 9.85. The van der Waals surface area contributed by atoms with Gasteiger partial charge in [0.25, 0.3) is 0 Å². The lowest BCUT2D eigenvalue weighted by molar-refractivity contribution is 0.377. The predicted octanol–water partition coefficient (Wildman–Crippen LogP) is 2.82. The second-order valence-electron chi connectivity index (χ2n) is 5.87. The number of benzene rings is 1. The maximum absolute atomic E-state index is 12.2. The van der Waals surface area contributed by atoms with E-state index in [2.05, 4.69) is 29.1 Å². The zero-order valence-electron chi connectivity index (χ0n) is 13.9. The van der Waals surface area contributed by atoms with E-state index >= 15 is 0 Å². The van der Waals surface area contributed by atoms with Crippen LogP contribution in [0.2, 0.25) is 0 Å². The van der Waals surface area contributed by atoms with E-state index in [1.165, 1.54) is 0 Å². The molecule has 1 unspecified atom stereocenters. The van der Waals surface area contributed by atoms with Crippen molar-refractivity contribution in [2.75, 3.05) is 38.2 Å². The highest BCUT2D eigenvalue weighted by Crippen LogP contribution is 2.29. The van der Waals surface area contributed by atoms with E-state index in [0.29, 0.717) is 12.3 Å². The van der Waals surface area contributed by atoms with Crippen LogP contribution in [0.1, 0.15) is 13.8 Å². The van der Waals surface area contributed by atoms with Crippen molar-refractivity contribution in [1.82, 2.24) is 10.2 Å². The first-order valence-electron chi connectivity index (χ1n) is 7.55. The lowest BCUT2D eigenvalue weighted by Crippen LogP contribution is -2.51. The number of guanidine groups is 1. The van der Waals surface area contributed by atoms with E-state index < -0.39 is 10.8 Å². The molecule has 0 aromatic heterocycles. The average molecular weight is 467 g/mol. The SMILES string of the molecule is CN=C(NCCS(=O)c1ccccc1)N1CCSC(C)(C)C1.I. The van der Waals surface area contributed by atoms with Gasteiger partial charge in [0.1, 0.15) is 0 Å². The van der Waals surface area contributed by atoms with Gasteiger partial charge in [-0.2, -0.15) is 11.8 Å². The molecule has 0 spiro atoms. The summed E-state index contributed by atoms with van der Waals surface area (Å²) < 4.78 is 12.5. The third-order valence-corrected chi connectivity index (χ3v) is 6.18. The van der Waals surface area contributed by atoms with Gasteiger partial charge in [-0.05, 0) is 26.0 Å². The predicted molar refractivity (Wildman–Crippen MR) is 113 cm³/mol. The zero-order chi connectivity index (χ0) is 16.0. The monoisotopic (exact) mass is 467 g/mol. The molecule has 4 nitrogen and oxygen atoms in total. The lowest BCUT2D eigenvalue weighted by atomic mass is 10.2. The summed E-state index contributed by atoms with van der Waals surface area (Å²) in [7, 11) is 0.849. The number of hydrogen-bond acceptors (Lipinski definition) is 3. The largest absolute Gasteiger partial charge is 0.355 e. The molecule has 1 aliphatic rings. The molecule has 23 heavy (non-hydrogen) atoms. The maximum atomic E-state index is 12.2. The Morgan fingerprint density at radius 3 is 2.70 bits per heavy atom. The third kappa shape index (κ3) is 6.62. The van der Waals surface area contributed by atoms with Crippen molar-refractivity contribution in [3.63, 3.8) is 0 Å². The minimum Gasteiger partial charge on any atom is -0.355 e. The van der Waals surface area contributed by atoms with Crippen molar-refractivity contribution in [2.24, 2.45) is 4.99 Å². The average Bonchev–Trinajstić information content (AvgIpc) is 2.51. The summed E-state index contributed by atoms with van der Waals surface area (Å²) in [6.45, 7) is 7.19. The van der Waals surface area contributed by atoms with Crippen molar-refractivity contribution < 1.29 is 4.21 Å². The van der Waals surface area contributed by atoms with Crippen molar-refractivity contribution in [3.05, 3.63) is 30.3 Å². The fourth-order valence-corrected chi connectivity index (χ4v) is 4.57. The molecule has 1 heterocycles. The Bertz CT molecular complexity index is 537. The van der Waals surface area contributed by atoms with Gasteiger partial charge >= 0.3 is 0 Å². The topological polar surface area (TPSA) is 44.7 Å². The molecular weight excluding hydrogens is 441 g/mol. The Kier molecular flexibility index (Phi) is 8.92. The normalized spacial score (nSPS) is 18.9. The molecule has 130 valence electrons. The molecule has 0 bridgehead atoms. The van der Waals surface area contributed by atoms with Gasteiger partial charge in [-0.15, -0.1) is 24.0 Å². The van der Waals surface area contributed by atoms with Crippen LogP contribution < -0.4 is 5.32 Å². The first kappa shape index (κ1) is 20.8. The number of thioether (sulfide) groups is 1. The van der Waals surface area contributed by atoms with Crippen LogP contribution in [0.5, 0.6) is 0 Å². The summed E-state index contributed by atoms with van der Waals surface area (Å²) in [5.41, 5.74) is 0. The molecule has 1 aromatic rings. The molecule has 1 fully saturated rings. The summed E-state index contributed by atoms with van der Waals surface area (Å²) in [5, 5.41) is 3.35. The minimum atomic E-state index is -0.962. The highest BCUT2D eigenvalue weighted by Gasteiger charge is 2.28. The van der Waals surface area contributed by atoms with Crippen LogP contribution in [0, 0.1) is 0 Å². The van der Waals surface area contributed by atoms with Gasteiger partial charge in [0.15, 0.2) is 5.96 Å². The molecule has 1 aliphatic heterocycles. The second kappa shape index (κ2) is 9.88. The molecule has 0 aliphatic carbocycles. The number of nitrogens with zero attached hydrogens (tertiary/aromatic N) is 2. The van der Waals surface area contributed by atoms with Crippen LogP contribution in [-0.2, 0) is 10.8 Å². The molecule has 2 rings (SSSR count). The van der Waals surface area contributed by atoms with E-state index in [-0.39, 0.29) is 28.7 Å². The van der Waals surface area contributed by atoms with Crippen molar-refractivity contribution >= 4 is 52.5 Å². The molecule has 0 amide bonds. The van der Waals surface area contributed by atoms with Crippen LogP contribution in [0.4, 0.5) is 0 Å². The van der Waals surface area contributed by atoms with E-state index in [9.17, 15) is 4.21 Å². The molecule has 1 atom stereocenters. The molecule has 1 N–H and O–H groups in total. The molecule has 1 aromatic carbocycles. The first-order chi connectivity index (χ1) is 10.5.